The van der Waals surface area contributed by atoms with Crippen LogP contribution in [0.1, 0.15) is 121 Å². The first kappa shape index (κ1) is 55.2. The Labute approximate surface area is 462 Å². The number of nitrogens with one attached hydrogen (secondary N) is 3. The highest BCUT2D eigenvalue weighted by molar-refractivity contribution is 7.22. The molecule has 0 saturated carbocycles. The number of aromatic carboxylic acids is 1. The number of hydrogen-bond acceptors (Lipinski definition) is 13. The quantitative estimate of drug-likeness (QED) is 0.0478. The van der Waals surface area contributed by atoms with Crippen LogP contribution in [-0.2, 0) is 27.3 Å². The summed E-state index contributed by atoms with van der Waals surface area (Å²) in [6, 6.07) is 28.4. The van der Waals surface area contributed by atoms with Crippen LogP contribution in [0.15, 0.2) is 103 Å². The minimum Gasteiger partial charge on any atom is -0.493 e. The third kappa shape index (κ3) is 12.6. The fraction of sp³-hybridized carbons (Fsp3) is 0.367. The number of benzene rings is 4. The van der Waals surface area contributed by atoms with Crippen LogP contribution < -0.4 is 25.6 Å². The topological polar surface area (TPSA) is 216 Å². The molecule has 3 aromatic heterocycles. The minimum atomic E-state index is -1.16. The van der Waals surface area contributed by atoms with Gasteiger partial charge in [-0.25, -0.2) is 19.7 Å². The molecule has 0 aliphatic carbocycles. The van der Waals surface area contributed by atoms with Gasteiger partial charge in [0.05, 0.1) is 45.1 Å². The molecule has 2 aliphatic heterocycles. The standard InChI is InChI=1S/C60H66N8O8S2/c1-35-42(43-26-27-50(64-52(43)58(74)75)67-29-28-39-15-13-17-44(45(39)33-67)55(71)66-59-63-46-18-10-11-20-49(46)78-59)16-14-19-48(35)76-30-12-8-7-9-21-51(70)65-54(60(4,5)6)57(73)68-32-41(69)31-47(68)56(72)62-36(2)38-22-24-40(25-23-38)53-37(3)61-34-77-53/h10-11,13-20,22-27,34,36,41,47,54,69H,7-9,12,21,28-33H2,1-6H3,(H,62,72)(H,65,70)(H,74,75)(H,63,66,71)/t36?,41-,47+,54?/m1/s1. The van der Waals surface area contributed by atoms with Crippen LogP contribution in [0.3, 0.4) is 0 Å². The number of para-hydroxylation sites is 1. The molecule has 9 rings (SSSR count). The van der Waals surface area contributed by atoms with E-state index in [-0.39, 0.29) is 48.8 Å². The molecule has 78 heavy (non-hydrogen) atoms. The number of thiazole rings is 2. The van der Waals surface area contributed by atoms with Crippen LogP contribution in [0, 0.1) is 19.3 Å². The fourth-order valence-electron chi connectivity index (χ4n) is 10.3. The maximum Gasteiger partial charge on any atom is 0.355 e. The SMILES string of the molecule is Cc1ncsc1-c1ccc(C(C)NC(=O)[C@@H]2C[C@@H](O)CN2C(=O)C(NC(=O)CCCCCCOc2cccc(-c3ccc(N4CCc5cccc(C(=O)Nc6nc7ccccc7s6)c5C4)nc3C(=O)O)c2C)C(C)(C)C)cc1. The number of nitrogens with zero attached hydrogens (tertiary/aromatic N) is 5. The van der Waals surface area contributed by atoms with E-state index in [1.807, 2.05) is 137 Å². The van der Waals surface area contributed by atoms with Gasteiger partial charge in [-0.05, 0) is 115 Å². The van der Waals surface area contributed by atoms with E-state index in [9.17, 15) is 34.2 Å². The number of hydrogen-bond donors (Lipinski definition) is 5. The Morgan fingerprint density at radius 2 is 1.63 bits per heavy atom. The number of pyridine rings is 1. The molecule has 5 N–H and O–H groups in total. The largest absolute Gasteiger partial charge is 0.493 e. The molecule has 0 bridgehead atoms. The van der Waals surface area contributed by atoms with Gasteiger partial charge in [-0.3, -0.25) is 24.5 Å². The van der Waals surface area contributed by atoms with Crippen molar-refractivity contribution in [1.29, 1.82) is 0 Å². The first-order valence-electron chi connectivity index (χ1n) is 26.5. The number of fused-ring (bicyclic) bond motifs is 2. The second kappa shape index (κ2) is 24.0. The number of rotatable bonds is 19. The Bertz CT molecular complexity index is 3320. The third-order valence-electron chi connectivity index (χ3n) is 14.6. The van der Waals surface area contributed by atoms with Crippen LogP contribution in [-0.4, -0.2) is 97.5 Å². The van der Waals surface area contributed by atoms with Crippen LogP contribution in [0.2, 0.25) is 0 Å². The number of anilines is 2. The van der Waals surface area contributed by atoms with Crippen LogP contribution in [0.4, 0.5) is 10.9 Å². The van der Waals surface area contributed by atoms with E-state index in [2.05, 4.69) is 25.9 Å². The van der Waals surface area contributed by atoms with Crippen LogP contribution in [0.25, 0.3) is 31.8 Å². The monoisotopic (exact) mass is 1090 g/mol. The van der Waals surface area contributed by atoms with Gasteiger partial charge >= 0.3 is 5.97 Å². The van der Waals surface area contributed by atoms with Crippen LogP contribution >= 0.6 is 22.7 Å². The molecule has 4 atom stereocenters. The molecule has 1 saturated heterocycles. The van der Waals surface area contributed by atoms with Crippen molar-refractivity contribution in [2.45, 2.75) is 117 Å². The molecule has 406 valence electrons. The summed E-state index contributed by atoms with van der Waals surface area (Å²) in [5, 5.41) is 30.7. The van der Waals surface area contributed by atoms with Gasteiger partial charge in [-0.15, -0.1) is 11.3 Å². The first-order chi connectivity index (χ1) is 37.4. The zero-order chi connectivity index (χ0) is 55.3. The minimum absolute atomic E-state index is 0.00923. The average molecular weight is 1090 g/mol. The van der Waals surface area contributed by atoms with E-state index in [0.717, 1.165) is 61.4 Å². The lowest BCUT2D eigenvalue weighted by atomic mass is 9.85. The Morgan fingerprint density at radius 1 is 0.859 bits per heavy atom. The maximum atomic E-state index is 14.2. The molecule has 2 aliphatic rings. The highest BCUT2D eigenvalue weighted by Gasteiger charge is 2.45. The normalized spacial score (nSPS) is 16.1. The maximum absolute atomic E-state index is 14.2. The van der Waals surface area contributed by atoms with Gasteiger partial charge in [-0.1, -0.05) is 106 Å². The number of aliphatic hydroxyl groups is 1. The van der Waals surface area contributed by atoms with E-state index in [1.54, 1.807) is 23.5 Å². The van der Waals surface area contributed by atoms with Crippen molar-refractivity contribution in [2.24, 2.45) is 5.41 Å². The van der Waals surface area contributed by atoms with E-state index in [1.165, 1.54) is 16.2 Å². The van der Waals surface area contributed by atoms with Gasteiger partial charge in [-0.2, -0.15) is 0 Å². The Morgan fingerprint density at radius 3 is 2.37 bits per heavy atom. The summed E-state index contributed by atoms with van der Waals surface area (Å²) in [6.45, 7) is 12.7. The lowest BCUT2D eigenvalue weighted by Gasteiger charge is -2.35. The predicted octanol–water partition coefficient (Wildman–Crippen LogP) is 10.3. The Balaban J connectivity index is 0.749. The van der Waals surface area contributed by atoms with E-state index in [4.69, 9.17) is 9.72 Å². The van der Waals surface area contributed by atoms with Crippen molar-refractivity contribution in [3.05, 3.63) is 142 Å². The van der Waals surface area contributed by atoms with Gasteiger partial charge in [0, 0.05) is 43.6 Å². The van der Waals surface area contributed by atoms with Crippen molar-refractivity contribution in [3.63, 3.8) is 0 Å². The number of carboxylic acids is 1. The van der Waals surface area contributed by atoms with E-state index in [0.29, 0.717) is 72.3 Å². The number of amides is 4. The fourth-order valence-corrected chi connectivity index (χ4v) is 12.0. The summed E-state index contributed by atoms with van der Waals surface area (Å²) >= 11 is 2.99. The van der Waals surface area contributed by atoms with Crippen molar-refractivity contribution < 1.29 is 38.9 Å². The molecular formula is C60H66N8O8S2. The molecule has 16 nitrogen and oxygen atoms in total. The summed E-state index contributed by atoms with van der Waals surface area (Å²) < 4.78 is 7.22. The first-order valence-corrected chi connectivity index (χ1v) is 28.2. The summed E-state index contributed by atoms with van der Waals surface area (Å²) in [7, 11) is 0. The molecular weight excluding hydrogens is 1020 g/mol. The zero-order valence-electron chi connectivity index (χ0n) is 44.8. The van der Waals surface area contributed by atoms with Gasteiger partial charge in [0.25, 0.3) is 5.91 Å². The third-order valence-corrected chi connectivity index (χ3v) is 16.6. The van der Waals surface area contributed by atoms with Crippen molar-refractivity contribution in [2.75, 3.05) is 29.9 Å². The number of likely N-dealkylation sites (tertiary alicyclic amines) is 1. The van der Waals surface area contributed by atoms with Gasteiger partial charge < -0.3 is 35.4 Å². The number of ether oxygens (including phenoxy) is 1. The molecule has 4 aromatic carbocycles. The molecule has 1 fully saturated rings. The number of aryl methyl sites for hydroxylation is 1. The number of carboxylic acid groups (broad SMARTS) is 1. The molecule has 2 unspecified atom stereocenters. The molecule has 0 radical (unpaired) electrons. The Hall–Kier alpha value is -7.54. The van der Waals surface area contributed by atoms with E-state index >= 15 is 0 Å². The zero-order valence-corrected chi connectivity index (χ0v) is 46.4. The highest BCUT2D eigenvalue weighted by Crippen LogP contribution is 2.36. The molecule has 5 heterocycles. The summed E-state index contributed by atoms with van der Waals surface area (Å²) in [5.74, 6) is -1.32. The lowest BCUT2D eigenvalue weighted by Crippen LogP contribution is -2.57. The summed E-state index contributed by atoms with van der Waals surface area (Å²) in [6.07, 6.45) is 2.92. The Kier molecular flexibility index (Phi) is 17.0. The second-order valence-electron chi connectivity index (χ2n) is 21.2. The molecule has 18 heteroatoms. The number of β-amino-alcohol motifs (C(OH)–C–C–N with tert-alkyl or cyclic N) is 1. The lowest BCUT2D eigenvalue weighted by molar-refractivity contribution is -0.144. The number of aromatic nitrogens is 3. The van der Waals surface area contributed by atoms with Crippen molar-refractivity contribution in [1.82, 2.24) is 30.5 Å². The predicted molar refractivity (Wildman–Crippen MR) is 305 cm³/mol. The van der Waals surface area contributed by atoms with Crippen molar-refractivity contribution in [3.8, 4) is 27.3 Å². The van der Waals surface area contributed by atoms with Gasteiger partial charge in [0.15, 0.2) is 10.8 Å². The average Bonchev–Trinajstić information content (AvgIpc) is 4.25. The summed E-state index contributed by atoms with van der Waals surface area (Å²) in [5.41, 5.74) is 9.16. The smallest absolute Gasteiger partial charge is 0.355 e. The van der Waals surface area contributed by atoms with E-state index < -0.39 is 35.5 Å². The number of carbonyl (C=O) groups excluding carboxylic acids is 4. The summed E-state index contributed by atoms with van der Waals surface area (Å²) in [4.78, 5) is 86.0. The van der Waals surface area contributed by atoms with Crippen LogP contribution in [0.5, 0.6) is 5.75 Å². The van der Waals surface area contributed by atoms with Gasteiger partial charge in [0.2, 0.25) is 17.7 Å². The molecule has 4 amide bonds. The number of unbranched alkanes of at least 4 members (excludes halogenated alkanes) is 3. The molecule has 0 spiro atoms. The number of carbonyl (C=O) groups is 5. The van der Waals surface area contributed by atoms with Gasteiger partial charge in [0.1, 0.15) is 23.7 Å². The molecule has 7 aromatic rings. The van der Waals surface area contributed by atoms with Crippen molar-refractivity contribution >= 4 is 73.4 Å². The number of aliphatic hydroxyl groups excluding tert-OH is 1. The second-order valence-corrected chi connectivity index (χ2v) is 23.1. The highest BCUT2D eigenvalue weighted by atomic mass is 32.1.